The molecule has 0 saturated heterocycles. The van der Waals surface area contributed by atoms with Crippen molar-refractivity contribution >= 4 is 11.7 Å². The van der Waals surface area contributed by atoms with E-state index in [0.29, 0.717) is 12.2 Å². The lowest BCUT2D eigenvalue weighted by Gasteiger charge is -2.25. The van der Waals surface area contributed by atoms with Gasteiger partial charge in [0.1, 0.15) is 17.3 Å². The minimum Gasteiger partial charge on any atom is -0.497 e. The Morgan fingerprint density at radius 3 is 2.67 bits per heavy atom. The van der Waals surface area contributed by atoms with Gasteiger partial charge in [0.25, 0.3) is 0 Å². The van der Waals surface area contributed by atoms with Crippen LogP contribution in [0, 0.1) is 6.92 Å². The zero-order chi connectivity index (χ0) is 19.0. The Balaban J connectivity index is 1.86. The van der Waals surface area contributed by atoms with E-state index in [2.05, 4.69) is 10.4 Å². The lowest BCUT2D eigenvalue weighted by Crippen LogP contribution is -2.25. The van der Waals surface area contributed by atoms with Crippen LogP contribution in [0.25, 0.3) is 5.69 Å². The van der Waals surface area contributed by atoms with E-state index < -0.39 is 0 Å². The molecule has 0 aliphatic carbocycles. The minimum atomic E-state index is -0.156. The molecule has 1 amide bonds. The molecule has 138 valence electrons. The van der Waals surface area contributed by atoms with E-state index in [4.69, 9.17) is 9.47 Å². The summed E-state index contributed by atoms with van der Waals surface area (Å²) >= 11 is 0. The lowest BCUT2D eigenvalue weighted by atomic mass is 9.86. The number of anilines is 1. The van der Waals surface area contributed by atoms with Gasteiger partial charge < -0.3 is 14.8 Å². The zero-order valence-corrected chi connectivity index (χ0v) is 15.5. The van der Waals surface area contributed by atoms with Crippen molar-refractivity contribution in [2.75, 3.05) is 19.5 Å². The third kappa shape index (κ3) is 2.93. The van der Waals surface area contributed by atoms with Crippen LogP contribution >= 0.6 is 0 Å². The van der Waals surface area contributed by atoms with Crippen LogP contribution < -0.4 is 14.8 Å². The van der Waals surface area contributed by atoms with Crippen molar-refractivity contribution in [1.82, 2.24) is 9.78 Å². The van der Waals surface area contributed by atoms with Gasteiger partial charge in [-0.15, -0.1) is 0 Å². The molecule has 0 spiro atoms. The first-order valence-electron chi connectivity index (χ1n) is 8.78. The van der Waals surface area contributed by atoms with E-state index in [1.54, 1.807) is 18.9 Å². The van der Waals surface area contributed by atoms with Gasteiger partial charge in [0.05, 0.1) is 26.1 Å². The first kappa shape index (κ1) is 17.1. The van der Waals surface area contributed by atoms with Crippen LogP contribution in [0.5, 0.6) is 11.5 Å². The number of benzene rings is 2. The molecule has 1 aliphatic heterocycles. The fourth-order valence-corrected chi connectivity index (χ4v) is 3.59. The molecule has 0 radical (unpaired) electrons. The molecule has 1 aromatic heterocycles. The molecular weight excluding hydrogens is 342 g/mol. The first-order chi connectivity index (χ1) is 13.1. The van der Waals surface area contributed by atoms with E-state index in [0.717, 1.165) is 33.9 Å². The van der Waals surface area contributed by atoms with Crippen molar-refractivity contribution in [3.05, 3.63) is 65.4 Å². The number of amides is 1. The van der Waals surface area contributed by atoms with E-state index in [1.807, 2.05) is 55.6 Å². The maximum absolute atomic E-state index is 12.5. The van der Waals surface area contributed by atoms with Gasteiger partial charge >= 0.3 is 0 Å². The van der Waals surface area contributed by atoms with Crippen LogP contribution in [0.15, 0.2) is 48.7 Å². The summed E-state index contributed by atoms with van der Waals surface area (Å²) in [5, 5.41) is 7.56. The quantitative estimate of drug-likeness (QED) is 0.768. The highest BCUT2D eigenvalue weighted by molar-refractivity contribution is 5.95. The number of hydrogen-bond donors (Lipinski definition) is 1. The summed E-state index contributed by atoms with van der Waals surface area (Å²) < 4.78 is 12.7. The van der Waals surface area contributed by atoms with Crippen LogP contribution in [0.2, 0.25) is 0 Å². The molecule has 1 N–H and O–H groups in total. The number of methoxy groups -OCH3 is 2. The van der Waals surface area contributed by atoms with Gasteiger partial charge in [0, 0.05) is 23.5 Å². The summed E-state index contributed by atoms with van der Waals surface area (Å²) in [6, 6.07) is 13.6. The lowest BCUT2D eigenvalue weighted by molar-refractivity contribution is -0.116. The number of carbonyl (C=O) groups excluding carboxylic acids is 1. The second kappa shape index (κ2) is 6.79. The zero-order valence-electron chi connectivity index (χ0n) is 15.5. The molecule has 0 bridgehead atoms. The van der Waals surface area contributed by atoms with Crippen molar-refractivity contribution in [1.29, 1.82) is 0 Å². The van der Waals surface area contributed by atoms with Gasteiger partial charge in [-0.3, -0.25) is 4.79 Å². The van der Waals surface area contributed by atoms with Crippen molar-refractivity contribution in [2.45, 2.75) is 19.3 Å². The van der Waals surface area contributed by atoms with E-state index >= 15 is 0 Å². The molecule has 1 atom stereocenters. The molecule has 2 heterocycles. The Hall–Kier alpha value is -3.28. The van der Waals surface area contributed by atoms with Crippen molar-refractivity contribution in [3.8, 4) is 17.2 Å². The fraction of sp³-hybridized carbons (Fsp3) is 0.238. The molecule has 6 nitrogen and oxygen atoms in total. The van der Waals surface area contributed by atoms with Gasteiger partial charge in [0.15, 0.2) is 0 Å². The number of nitrogens with zero attached hydrogens (tertiary/aromatic N) is 2. The van der Waals surface area contributed by atoms with Gasteiger partial charge in [-0.1, -0.05) is 18.2 Å². The van der Waals surface area contributed by atoms with Crippen LogP contribution in [-0.4, -0.2) is 29.9 Å². The number of carbonyl (C=O) groups is 1. The summed E-state index contributed by atoms with van der Waals surface area (Å²) in [7, 11) is 3.26. The van der Waals surface area contributed by atoms with Crippen LogP contribution in [0.4, 0.5) is 5.82 Å². The predicted molar refractivity (Wildman–Crippen MR) is 103 cm³/mol. The summed E-state index contributed by atoms with van der Waals surface area (Å²) in [6.45, 7) is 2.02. The summed E-state index contributed by atoms with van der Waals surface area (Å²) in [5.41, 5.74) is 3.90. The van der Waals surface area contributed by atoms with Crippen molar-refractivity contribution < 1.29 is 14.3 Å². The standard InChI is InChI=1S/C21H21N3O3/c1-13-6-4-5-7-18(13)24-21-17(12-22-24)15(11-20(25)23-21)16-10-14(26-2)8-9-19(16)27-3/h4-10,12,15H,11H2,1-3H3,(H,23,25). The van der Waals surface area contributed by atoms with E-state index in [-0.39, 0.29) is 11.8 Å². The number of aromatic nitrogens is 2. The van der Waals surface area contributed by atoms with Gasteiger partial charge in [-0.05, 0) is 36.8 Å². The van der Waals surface area contributed by atoms with Crippen LogP contribution in [-0.2, 0) is 4.79 Å². The molecular formula is C21H21N3O3. The molecule has 1 unspecified atom stereocenters. The largest absolute Gasteiger partial charge is 0.497 e. The second-order valence-electron chi connectivity index (χ2n) is 6.56. The number of ether oxygens (including phenoxy) is 2. The monoisotopic (exact) mass is 363 g/mol. The third-order valence-electron chi connectivity index (χ3n) is 4.98. The molecule has 0 fully saturated rings. The van der Waals surface area contributed by atoms with Crippen LogP contribution in [0.3, 0.4) is 0 Å². The molecule has 4 rings (SSSR count). The average molecular weight is 363 g/mol. The summed E-state index contributed by atoms with van der Waals surface area (Å²) in [6.07, 6.45) is 2.15. The number of aryl methyl sites for hydroxylation is 1. The summed E-state index contributed by atoms with van der Waals surface area (Å²) in [5.74, 6) is 1.95. The maximum atomic E-state index is 12.5. The highest BCUT2D eigenvalue weighted by Crippen LogP contribution is 2.42. The number of fused-ring (bicyclic) bond motifs is 1. The predicted octanol–water partition coefficient (Wildman–Crippen LogP) is 3.67. The number of rotatable bonds is 4. The third-order valence-corrected chi connectivity index (χ3v) is 4.98. The molecule has 27 heavy (non-hydrogen) atoms. The maximum Gasteiger partial charge on any atom is 0.226 e. The van der Waals surface area contributed by atoms with Gasteiger partial charge in [-0.2, -0.15) is 5.10 Å². The minimum absolute atomic E-state index is 0.0484. The van der Waals surface area contributed by atoms with E-state index in [1.165, 1.54) is 0 Å². The average Bonchev–Trinajstić information content (AvgIpc) is 3.10. The number of nitrogens with one attached hydrogen (secondary N) is 1. The highest BCUT2D eigenvalue weighted by Gasteiger charge is 2.32. The highest BCUT2D eigenvalue weighted by atomic mass is 16.5. The number of hydrogen-bond acceptors (Lipinski definition) is 4. The van der Waals surface area contributed by atoms with Gasteiger partial charge in [0.2, 0.25) is 5.91 Å². The fourth-order valence-electron chi connectivity index (χ4n) is 3.59. The molecule has 3 aromatic rings. The molecule has 1 aliphatic rings. The van der Waals surface area contributed by atoms with Crippen molar-refractivity contribution in [3.63, 3.8) is 0 Å². The molecule has 0 saturated carbocycles. The Kier molecular flexibility index (Phi) is 4.32. The SMILES string of the molecule is COc1ccc(OC)c(C2CC(=O)Nc3c2cnn3-c2ccccc2C)c1. The van der Waals surface area contributed by atoms with Crippen LogP contribution in [0.1, 0.15) is 29.0 Å². The Labute approximate surface area is 157 Å². The molecule has 2 aromatic carbocycles. The Morgan fingerprint density at radius 2 is 1.93 bits per heavy atom. The normalized spacial score (nSPS) is 15.8. The summed E-state index contributed by atoms with van der Waals surface area (Å²) in [4.78, 5) is 12.5. The molecule has 6 heteroatoms. The van der Waals surface area contributed by atoms with E-state index in [9.17, 15) is 4.79 Å². The topological polar surface area (TPSA) is 65.4 Å². The first-order valence-corrected chi connectivity index (χ1v) is 8.78. The Morgan fingerprint density at radius 1 is 1.11 bits per heavy atom. The van der Waals surface area contributed by atoms with Crippen molar-refractivity contribution in [2.24, 2.45) is 0 Å². The van der Waals surface area contributed by atoms with Gasteiger partial charge in [-0.25, -0.2) is 4.68 Å². The number of para-hydroxylation sites is 1. The second-order valence-corrected chi connectivity index (χ2v) is 6.56. The smallest absolute Gasteiger partial charge is 0.226 e. The Bertz CT molecular complexity index is 1010.